The fraction of sp³-hybridized carbons (Fsp3) is 0. The van der Waals surface area contributed by atoms with Gasteiger partial charge >= 0.3 is 5.97 Å². The Morgan fingerprint density at radius 3 is 2.78 bits per heavy atom. The summed E-state index contributed by atoms with van der Waals surface area (Å²) in [6, 6.07) is 4.14. The molecule has 3 N–H and O–H groups in total. The number of hydrogen-bond acceptors (Lipinski definition) is 4. The van der Waals surface area contributed by atoms with Crippen LogP contribution in [-0.4, -0.2) is 32.4 Å². The molecular formula is C10H7ClN4O3. The molecule has 0 unspecified atom stereocenters. The van der Waals surface area contributed by atoms with Gasteiger partial charge in [0.05, 0.1) is 17.4 Å². The monoisotopic (exact) mass is 266 g/mol. The molecule has 0 aliphatic heterocycles. The summed E-state index contributed by atoms with van der Waals surface area (Å²) in [6.45, 7) is 0. The molecule has 1 aromatic heterocycles. The molecule has 0 spiro atoms. The normalized spacial score (nSPS) is 10.1. The van der Waals surface area contributed by atoms with E-state index >= 15 is 0 Å². The molecule has 18 heavy (non-hydrogen) atoms. The Bertz CT molecular complexity index is 597. The van der Waals surface area contributed by atoms with Gasteiger partial charge in [0.15, 0.2) is 5.69 Å². The number of benzene rings is 1. The number of carbonyl (C=O) groups is 2. The summed E-state index contributed by atoms with van der Waals surface area (Å²) in [5, 5.41) is 21.0. The van der Waals surface area contributed by atoms with Gasteiger partial charge in [0.25, 0.3) is 5.91 Å². The zero-order valence-electron chi connectivity index (χ0n) is 8.85. The standard InChI is InChI=1S/C10H7ClN4O3/c11-5-1-2-7(6(3-5)10(17)18)13-9(16)8-4-12-15-14-8/h1-4H,(H,13,16)(H,17,18)(H,12,14,15). The third kappa shape index (κ3) is 2.46. The fourth-order valence-corrected chi connectivity index (χ4v) is 1.47. The van der Waals surface area contributed by atoms with Crippen LogP contribution in [0.1, 0.15) is 20.8 Å². The minimum atomic E-state index is -1.19. The highest BCUT2D eigenvalue weighted by atomic mass is 35.5. The molecule has 1 heterocycles. The molecule has 92 valence electrons. The molecule has 0 bridgehead atoms. The summed E-state index contributed by atoms with van der Waals surface area (Å²) in [4.78, 5) is 22.7. The smallest absolute Gasteiger partial charge is 0.337 e. The van der Waals surface area contributed by atoms with E-state index in [1.807, 2.05) is 0 Å². The highest BCUT2D eigenvalue weighted by Gasteiger charge is 2.15. The third-order valence-corrected chi connectivity index (χ3v) is 2.34. The molecule has 0 aliphatic rings. The van der Waals surface area contributed by atoms with Crippen LogP contribution < -0.4 is 5.32 Å². The summed E-state index contributed by atoms with van der Waals surface area (Å²) in [5.74, 6) is -1.75. The van der Waals surface area contributed by atoms with Crippen molar-refractivity contribution in [1.29, 1.82) is 0 Å². The van der Waals surface area contributed by atoms with Gasteiger partial charge in [-0.3, -0.25) is 4.79 Å². The summed E-state index contributed by atoms with van der Waals surface area (Å²) in [7, 11) is 0. The van der Waals surface area contributed by atoms with Crippen LogP contribution in [0, 0.1) is 0 Å². The molecule has 2 rings (SSSR count). The van der Waals surface area contributed by atoms with Crippen LogP contribution in [-0.2, 0) is 0 Å². The lowest BCUT2D eigenvalue weighted by atomic mass is 10.1. The maximum Gasteiger partial charge on any atom is 0.337 e. The van der Waals surface area contributed by atoms with Gasteiger partial charge in [0, 0.05) is 5.02 Å². The average molecular weight is 267 g/mol. The van der Waals surface area contributed by atoms with Crippen molar-refractivity contribution in [3.05, 3.63) is 40.7 Å². The molecule has 1 aromatic carbocycles. The number of nitrogens with zero attached hydrogens (tertiary/aromatic N) is 2. The molecule has 0 saturated carbocycles. The Morgan fingerprint density at radius 1 is 1.39 bits per heavy atom. The molecule has 0 fully saturated rings. The summed E-state index contributed by atoms with van der Waals surface area (Å²) in [5.41, 5.74) is 0.0977. The number of H-pyrrole nitrogens is 1. The molecule has 0 aliphatic carbocycles. The van der Waals surface area contributed by atoms with E-state index in [1.165, 1.54) is 24.4 Å². The lowest BCUT2D eigenvalue weighted by Gasteiger charge is -2.07. The number of carboxylic acids is 1. The zero-order valence-corrected chi connectivity index (χ0v) is 9.60. The molecule has 0 atom stereocenters. The molecule has 0 radical (unpaired) electrons. The molecule has 1 amide bonds. The van der Waals surface area contributed by atoms with Gasteiger partial charge in [-0.05, 0) is 18.2 Å². The number of carbonyl (C=O) groups excluding carboxylic acids is 1. The first kappa shape index (κ1) is 12.1. The lowest BCUT2D eigenvalue weighted by molar-refractivity contribution is 0.0698. The zero-order chi connectivity index (χ0) is 13.1. The minimum absolute atomic E-state index is 0.0567. The number of rotatable bonds is 3. The van der Waals surface area contributed by atoms with Crippen molar-refractivity contribution in [1.82, 2.24) is 15.4 Å². The Kier molecular flexibility index (Phi) is 3.24. The molecule has 8 heteroatoms. The van der Waals surface area contributed by atoms with Crippen LogP contribution in [0.15, 0.2) is 24.4 Å². The molecule has 2 aromatic rings. The van der Waals surface area contributed by atoms with Gasteiger partial charge in [0.2, 0.25) is 0 Å². The van der Waals surface area contributed by atoms with E-state index in [9.17, 15) is 9.59 Å². The number of hydrogen-bond donors (Lipinski definition) is 3. The van der Waals surface area contributed by atoms with Crippen molar-refractivity contribution < 1.29 is 14.7 Å². The second kappa shape index (κ2) is 4.84. The number of anilines is 1. The number of aromatic carboxylic acids is 1. The van der Waals surface area contributed by atoms with Crippen LogP contribution in [0.5, 0.6) is 0 Å². The van der Waals surface area contributed by atoms with Gasteiger partial charge < -0.3 is 10.4 Å². The molecule has 0 saturated heterocycles. The maximum atomic E-state index is 11.7. The Balaban J connectivity index is 2.29. The van der Waals surface area contributed by atoms with Gasteiger partial charge in [-0.25, -0.2) is 4.79 Å². The number of amides is 1. The van der Waals surface area contributed by atoms with E-state index in [2.05, 4.69) is 20.7 Å². The second-order valence-electron chi connectivity index (χ2n) is 3.30. The van der Waals surface area contributed by atoms with E-state index < -0.39 is 11.9 Å². The minimum Gasteiger partial charge on any atom is -0.478 e. The summed E-state index contributed by atoms with van der Waals surface area (Å²) < 4.78 is 0. The first-order valence-electron chi connectivity index (χ1n) is 4.78. The van der Waals surface area contributed by atoms with E-state index in [-0.39, 0.29) is 22.0 Å². The first-order valence-corrected chi connectivity index (χ1v) is 5.15. The number of nitrogens with one attached hydrogen (secondary N) is 2. The Hall–Kier alpha value is -2.41. The van der Waals surface area contributed by atoms with Crippen LogP contribution in [0.25, 0.3) is 0 Å². The van der Waals surface area contributed by atoms with Gasteiger partial charge in [-0.15, -0.1) is 0 Å². The van der Waals surface area contributed by atoms with Gasteiger partial charge in [0.1, 0.15) is 0 Å². The van der Waals surface area contributed by atoms with Crippen LogP contribution >= 0.6 is 11.6 Å². The topological polar surface area (TPSA) is 108 Å². The second-order valence-corrected chi connectivity index (χ2v) is 3.74. The van der Waals surface area contributed by atoms with Crippen molar-refractivity contribution in [3.63, 3.8) is 0 Å². The molecular weight excluding hydrogens is 260 g/mol. The largest absolute Gasteiger partial charge is 0.478 e. The SMILES string of the molecule is O=C(Nc1ccc(Cl)cc1C(=O)O)c1cn[nH]n1. The van der Waals surface area contributed by atoms with Crippen molar-refractivity contribution in [3.8, 4) is 0 Å². The third-order valence-electron chi connectivity index (χ3n) is 2.11. The summed E-state index contributed by atoms with van der Waals surface area (Å²) in [6.07, 6.45) is 1.23. The predicted molar refractivity (Wildman–Crippen MR) is 62.7 cm³/mol. The average Bonchev–Trinajstić information content (AvgIpc) is 2.84. The van der Waals surface area contributed by atoms with Crippen LogP contribution in [0.2, 0.25) is 5.02 Å². The van der Waals surface area contributed by atoms with Crippen LogP contribution in [0.3, 0.4) is 0 Å². The predicted octanol–water partition coefficient (Wildman–Crippen LogP) is 1.41. The number of aromatic nitrogens is 3. The van der Waals surface area contributed by atoms with E-state index in [1.54, 1.807) is 0 Å². The highest BCUT2D eigenvalue weighted by Crippen LogP contribution is 2.21. The first-order chi connectivity index (χ1) is 8.58. The van der Waals surface area contributed by atoms with Gasteiger partial charge in [-0.2, -0.15) is 15.4 Å². The van der Waals surface area contributed by atoms with Crippen molar-refractivity contribution in [2.45, 2.75) is 0 Å². The summed E-state index contributed by atoms with van der Waals surface area (Å²) >= 11 is 5.69. The van der Waals surface area contributed by atoms with Gasteiger partial charge in [-0.1, -0.05) is 11.6 Å². The lowest BCUT2D eigenvalue weighted by Crippen LogP contribution is -2.15. The van der Waals surface area contributed by atoms with E-state index in [4.69, 9.17) is 16.7 Å². The van der Waals surface area contributed by atoms with Crippen molar-refractivity contribution >= 4 is 29.2 Å². The van der Waals surface area contributed by atoms with Crippen molar-refractivity contribution in [2.75, 3.05) is 5.32 Å². The fourth-order valence-electron chi connectivity index (χ4n) is 1.30. The number of halogens is 1. The van der Waals surface area contributed by atoms with Crippen LogP contribution in [0.4, 0.5) is 5.69 Å². The Morgan fingerprint density at radius 2 is 2.17 bits per heavy atom. The van der Waals surface area contributed by atoms with Crippen molar-refractivity contribution in [2.24, 2.45) is 0 Å². The maximum absolute atomic E-state index is 11.7. The number of carboxylic acid groups (broad SMARTS) is 1. The molecule has 7 nitrogen and oxygen atoms in total. The van der Waals surface area contributed by atoms with E-state index in [0.717, 1.165) is 0 Å². The quantitative estimate of drug-likeness (QED) is 0.778. The number of aromatic amines is 1. The van der Waals surface area contributed by atoms with E-state index in [0.29, 0.717) is 0 Å². The Labute approximate surface area is 106 Å². The highest BCUT2D eigenvalue weighted by molar-refractivity contribution is 6.31.